The lowest BCUT2D eigenvalue weighted by Crippen LogP contribution is -2.29. The summed E-state index contributed by atoms with van der Waals surface area (Å²) in [5.74, 6) is 1.36. The molecule has 2 nitrogen and oxygen atoms in total. The average molecular weight is 323 g/mol. The number of ether oxygens (including phenoxy) is 1. The van der Waals surface area contributed by atoms with E-state index >= 15 is 0 Å². The van der Waals surface area contributed by atoms with Crippen LogP contribution in [0.15, 0.2) is 18.2 Å². The van der Waals surface area contributed by atoms with E-state index in [1.807, 2.05) is 19.1 Å². The van der Waals surface area contributed by atoms with Gasteiger partial charge in [-0.2, -0.15) is 0 Å². The quantitative estimate of drug-likeness (QED) is 0.915. The van der Waals surface area contributed by atoms with Crippen LogP contribution in [0.1, 0.15) is 12.5 Å². The van der Waals surface area contributed by atoms with Crippen LogP contribution in [0.4, 0.5) is 0 Å². The second-order valence-electron chi connectivity index (χ2n) is 5.18. The van der Waals surface area contributed by atoms with E-state index < -0.39 is 0 Å². The van der Waals surface area contributed by atoms with E-state index in [4.69, 9.17) is 27.9 Å². The highest BCUT2D eigenvalue weighted by Gasteiger charge is 2.67. The van der Waals surface area contributed by atoms with E-state index in [2.05, 4.69) is 11.4 Å². The Bertz CT molecular complexity index is 456. The Morgan fingerprint density at radius 3 is 2.53 bits per heavy atom. The van der Waals surface area contributed by atoms with E-state index in [1.165, 1.54) is 5.56 Å². The third-order valence-electron chi connectivity index (χ3n) is 4.43. The van der Waals surface area contributed by atoms with Gasteiger partial charge < -0.3 is 10.1 Å². The predicted molar refractivity (Wildman–Crippen MR) is 81.7 cm³/mol. The second-order valence-corrected chi connectivity index (χ2v) is 5.99. The molecular formula is C14H18Cl3NO. The molecule has 1 N–H and O–H groups in total. The lowest BCUT2D eigenvalue weighted by Gasteiger charge is -2.22. The van der Waals surface area contributed by atoms with Gasteiger partial charge in [0.1, 0.15) is 0 Å². The molecule has 1 heterocycles. The summed E-state index contributed by atoms with van der Waals surface area (Å²) in [7, 11) is 0. The molecule has 1 aliphatic heterocycles. The van der Waals surface area contributed by atoms with Gasteiger partial charge in [-0.15, -0.1) is 12.4 Å². The molecule has 19 heavy (non-hydrogen) atoms. The minimum atomic E-state index is 0. The average Bonchev–Trinajstić information content (AvgIpc) is 2.74. The third-order valence-corrected chi connectivity index (χ3v) is 5.17. The lowest BCUT2D eigenvalue weighted by atomic mass is 9.91. The maximum Gasteiger partial charge on any atom is 0.0595 e. The zero-order chi connectivity index (χ0) is 12.8. The van der Waals surface area contributed by atoms with Crippen molar-refractivity contribution >= 4 is 35.6 Å². The van der Waals surface area contributed by atoms with Gasteiger partial charge in [0.25, 0.3) is 0 Å². The number of nitrogens with one attached hydrogen (secondary N) is 1. The van der Waals surface area contributed by atoms with Crippen LogP contribution < -0.4 is 5.32 Å². The molecule has 2 fully saturated rings. The fourth-order valence-corrected chi connectivity index (χ4v) is 3.73. The zero-order valence-corrected chi connectivity index (χ0v) is 13.1. The van der Waals surface area contributed by atoms with Crippen molar-refractivity contribution < 1.29 is 4.74 Å². The number of rotatable bonds is 4. The van der Waals surface area contributed by atoms with Crippen LogP contribution in [0.3, 0.4) is 0 Å². The van der Waals surface area contributed by atoms with Gasteiger partial charge in [-0.3, -0.25) is 0 Å². The van der Waals surface area contributed by atoms with E-state index in [0.717, 1.165) is 26.3 Å². The summed E-state index contributed by atoms with van der Waals surface area (Å²) in [5, 5.41) is 4.70. The second kappa shape index (κ2) is 5.79. The van der Waals surface area contributed by atoms with Crippen molar-refractivity contribution in [3.05, 3.63) is 33.8 Å². The molecule has 0 bridgehead atoms. The monoisotopic (exact) mass is 321 g/mol. The molecule has 5 heteroatoms. The molecule has 1 aliphatic carbocycles. The molecule has 2 atom stereocenters. The van der Waals surface area contributed by atoms with E-state index in [9.17, 15) is 0 Å². The lowest BCUT2D eigenvalue weighted by molar-refractivity contribution is 0.114. The van der Waals surface area contributed by atoms with Crippen molar-refractivity contribution in [2.45, 2.75) is 12.3 Å². The van der Waals surface area contributed by atoms with Crippen molar-refractivity contribution in [1.82, 2.24) is 5.32 Å². The normalized spacial score (nSPS) is 31.7. The van der Waals surface area contributed by atoms with Gasteiger partial charge >= 0.3 is 0 Å². The summed E-state index contributed by atoms with van der Waals surface area (Å²) < 4.78 is 5.72. The number of hydrogen-bond donors (Lipinski definition) is 1. The Balaban J connectivity index is 0.00000133. The van der Waals surface area contributed by atoms with Gasteiger partial charge in [0.05, 0.1) is 16.7 Å². The molecule has 3 rings (SSSR count). The minimum absolute atomic E-state index is 0. The SMILES string of the molecule is CCOCC1(c2ccc(Cl)c(Cl)c2)C2CNCC21.Cl. The third kappa shape index (κ3) is 2.38. The highest BCUT2D eigenvalue weighted by molar-refractivity contribution is 6.42. The van der Waals surface area contributed by atoms with E-state index in [1.54, 1.807) is 0 Å². The van der Waals surface area contributed by atoms with Gasteiger partial charge in [-0.25, -0.2) is 0 Å². The summed E-state index contributed by atoms with van der Waals surface area (Å²) in [6.45, 7) is 5.75. The molecule has 1 aromatic carbocycles. The van der Waals surface area contributed by atoms with Crippen LogP contribution in [0.5, 0.6) is 0 Å². The molecule has 2 unspecified atom stereocenters. The fourth-order valence-electron chi connectivity index (χ4n) is 3.43. The summed E-state index contributed by atoms with van der Waals surface area (Å²) in [6, 6.07) is 6.02. The summed E-state index contributed by atoms with van der Waals surface area (Å²) in [5.41, 5.74) is 1.44. The molecule has 0 aromatic heterocycles. The highest BCUT2D eigenvalue weighted by atomic mass is 35.5. The van der Waals surface area contributed by atoms with Gasteiger partial charge in [0.15, 0.2) is 0 Å². The molecule has 1 saturated carbocycles. The first kappa shape index (κ1) is 15.4. The summed E-state index contributed by atoms with van der Waals surface area (Å²) >= 11 is 12.2. The number of hydrogen-bond acceptors (Lipinski definition) is 2. The van der Waals surface area contributed by atoms with Gasteiger partial charge in [0, 0.05) is 12.0 Å². The summed E-state index contributed by atoms with van der Waals surface area (Å²) in [4.78, 5) is 0. The number of benzene rings is 1. The van der Waals surface area contributed by atoms with Gasteiger partial charge in [-0.05, 0) is 49.5 Å². The van der Waals surface area contributed by atoms with Crippen molar-refractivity contribution in [1.29, 1.82) is 0 Å². The Labute approximate surface area is 130 Å². The standard InChI is InChI=1S/C14H17Cl2NO.ClH/c1-2-18-8-14(10-6-17-7-11(10)14)9-3-4-12(15)13(16)5-9;/h3-5,10-11,17H,2,6-8H2,1H3;1H. The largest absolute Gasteiger partial charge is 0.381 e. The number of piperidine rings is 1. The highest BCUT2D eigenvalue weighted by Crippen LogP contribution is 2.62. The zero-order valence-electron chi connectivity index (χ0n) is 10.8. The minimum Gasteiger partial charge on any atom is -0.381 e. The van der Waals surface area contributed by atoms with Crippen molar-refractivity contribution in [3.8, 4) is 0 Å². The molecule has 106 valence electrons. The van der Waals surface area contributed by atoms with Crippen molar-refractivity contribution in [3.63, 3.8) is 0 Å². The van der Waals surface area contributed by atoms with Crippen LogP contribution in [0.2, 0.25) is 10.0 Å². The topological polar surface area (TPSA) is 21.3 Å². The Kier molecular flexibility index (Phi) is 4.69. The molecule has 1 aromatic rings. The first-order valence-corrected chi connectivity index (χ1v) is 7.19. The predicted octanol–water partition coefficient (Wildman–Crippen LogP) is 3.54. The number of halogens is 3. The first-order chi connectivity index (χ1) is 8.70. The van der Waals surface area contributed by atoms with Crippen LogP contribution >= 0.6 is 35.6 Å². The Morgan fingerprint density at radius 1 is 1.26 bits per heavy atom. The maximum atomic E-state index is 6.15. The van der Waals surface area contributed by atoms with Gasteiger partial charge in [-0.1, -0.05) is 29.3 Å². The van der Waals surface area contributed by atoms with Crippen LogP contribution in [-0.2, 0) is 10.2 Å². The molecule has 1 saturated heterocycles. The van der Waals surface area contributed by atoms with Crippen molar-refractivity contribution in [2.24, 2.45) is 11.8 Å². The Morgan fingerprint density at radius 2 is 1.95 bits per heavy atom. The number of fused-ring (bicyclic) bond motifs is 1. The summed E-state index contributed by atoms with van der Waals surface area (Å²) in [6.07, 6.45) is 0. The molecule has 0 spiro atoms. The van der Waals surface area contributed by atoms with E-state index in [0.29, 0.717) is 21.9 Å². The molecule has 0 radical (unpaired) electrons. The van der Waals surface area contributed by atoms with Crippen LogP contribution in [-0.4, -0.2) is 26.3 Å². The van der Waals surface area contributed by atoms with Gasteiger partial charge in [0.2, 0.25) is 0 Å². The molecule has 0 amide bonds. The maximum absolute atomic E-state index is 6.15. The smallest absolute Gasteiger partial charge is 0.0595 e. The van der Waals surface area contributed by atoms with Crippen molar-refractivity contribution in [2.75, 3.05) is 26.3 Å². The first-order valence-electron chi connectivity index (χ1n) is 6.44. The van der Waals surface area contributed by atoms with E-state index in [-0.39, 0.29) is 17.8 Å². The Hall–Kier alpha value is 0.01000. The fraction of sp³-hybridized carbons (Fsp3) is 0.571. The van der Waals surface area contributed by atoms with Crippen LogP contribution in [0, 0.1) is 11.8 Å². The molecule has 2 aliphatic rings. The van der Waals surface area contributed by atoms with Crippen LogP contribution in [0.25, 0.3) is 0 Å². The molecular weight excluding hydrogens is 305 g/mol.